The molecule has 1 aromatic rings. The second-order valence-electron chi connectivity index (χ2n) is 3.63. The molecule has 1 fully saturated rings. The summed E-state index contributed by atoms with van der Waals surface area (Å²) in [4.78, 5) is 30.2. The van der Waals surface area contributed by atoms with Gasteiger partial charge in [0.05, 0.1) is 25.5 Å². The van der Waals surface area contributed by atoms with Crippen molar-refractivity contribution in [1.29, 1.82) is 0 Å². The zero-order valence-electron chi connectivity index (χ0n) is 9.27. The third-order valence-corrected chi connectivity index (χ3v) is 2.36. The molecule has 1 aliphatic heterocycles. The number of nitrogens with zero attached hydrogens (tertiary/aromatic N) is 2. The topological polar surface area (TPSA) is 93.2 Å². The van der Waals surface area contributed by atoms with Crippen LogP contribution in [0.4, 0.5) is 5.82 Å². The van der Waals surface area contributed by atoms with Crippen molar-refractivity contribution in [2.75, 3.05) is 19.0 Å². The highest BCUT2D eigenvalue weighted by molar-refractivity contribution is 5.87. The van der Waals surface area contributed by atoms with Crippen LogP contribution >= 0.6 is 0 Å². The van der Waals surface area contributed by atoms with Crippen molar-refractivity contribution in [2.45, 2.75) is 12.5 Å². The summed E-state index contributed by atoms with van der Waals surface area (Å²) in [7, 11) is 1.28. The third kappa shape index (κ3) is 2.68. The van der Waals surface area contributed by atoms with Crippen molar-refractivity contribution >= 4 is 17.7 Å². The van der Waals surface area contributed by atoms with E-state index in [2.05, 4.69) is 25.3 Å². The Kier molecular flexibility index (Phi) is 3.17. The Morgan fingerprint density at radius 3 is 3.06 bits per heavy atom. The molecule has 1 unspecified atom stereocenters. The molecule has 7 heteroatoms. The van der Waals surface area contributed by atoms with Gasteiger partial charge in [-0.3, -0.25) is 9.78 Å². The van der Waals surface area contributed by atoms with E-state index in [1.165, 1.54) is 19.5 Å². The maximum atomic E-state index is 11.2. The molecule has 0 aromatic carbocycles. The molecule has 0 spiro atoms. The fraction of sp³-hybridized carbons (Fsp3) is 0.400. The Balaban J connectivity index is 2.06. The highest BCUT2D eigenvalue weighted by Crippen LogP contribution is 2.09. The average Bonchev–Trinajstić information content (AvgIpc) is 2.74. The van der Waals surface area contributed by atoms with Crippen molar-refractivity contribution in [1.82, 2.24) is 15.3 Å². The molecule has 2 rings (SSSR count). The SMILES string of the molecule is COC(=O)c1cncc(NC2CNC(=O)C2)n1. The highest BCUT2D eigenvalue weighted by atomic mass is 16.5. The Hall–Kier alpha value is -2.18. The van der Waals surface area contributed by atoms with Crippen LogP contribution < -0.4 is 10.6 Å². The summed E-state index contributed by atoms with van der Waals surface area (Å²) in [5.41, 5.74) is 0.134. The second kappa shape index (κ2) is 4.77. The van der Waals surface area contributed by atoms with Crippen molar-refractivity contribution < 1.29 is 14.3 Å². The van der Waals surface area contributed by atoms with Gasteiger partial charge in [-0.2, -0.15) is 0 Å². The van der Waals surface area contributed by atoms with Crippen molar-refractivity contribution in [2.24, 2.45) is 0 Å². The molecule has 2 heterocycles. The van der Waals surface area contributed by atoms with Gasteiger partial charge in [0, 0.05) is 13.0 Å². The monoisotopic (exact) mass is 236 g/mol. The molecule has 1 saturated heterocycles. The van der Waals surface area contributed by atoms with Gasteiger partial charge in [-0.15, -0.1) is 0 Å². The smallest absolute Gasteiger partial charge is 0.358 e. The molecule has 2 N–H and O–H groups in total. The second-order valence-corrected chi connectivity index (χ2v) is 3.63. The predicted octanol–water partition coefficient (Wildman–Crippen LogP) is -0.436. The summed E-state index contributed by atoms with van der Waals surface area (Å²) in [6.45, 7) is 0.545. The molecule has 90 valence electrons. The Morgan fingerprint density at radius 2 is 2.41 bits per heavy atom. The van der Waals surface area contributed by atoms with Gasteiger partial charge in [-0.1, -0.05) is 0 Å². The summed E-state index contributed by atoms with van der Waals surface area (Å²) in [6.07, 6.45) is 3.22. The first-order valence-corrected chi connectivity index (χ1v) is 5.12. The molecule has 7 nitrogen and oxygen atoms in total. The van der Waals surface area contributed by atoms with Gasteiger partial charge in [0.1, 0.15) is 5.82 Å². The van der Waals surface area contributed by atoms with Crippen LogP contribution in [0, 0.1) is 0 Å². The maximum absolute atomic E-state index is 11.2. The van der Waals surface area contributed by atoms with E-state index in [1.54, 1.807) is 0 Å². The Bertz CT molecular complexity index is 449. The van der Waals surface area contributed by atoms with Crippen LogP contribution in [0.15, 0.2) is 12.4 Å². The Labute approximate surface area is 97.6 Å². The average molecular weight is 236 g/mol. The van der Waals surface area contributed by atoms with Crippen LogP contribution in [0.1, 0.15) is 16.9 Å². The molecule has 0 bridgehead atoms. The maximum Gasteiger partial charge on any atom is 0.358 e. The van der Waals surface area contributed by atoms with Crippen molar-refractivity contribution in [3.05, 3.63) is 18.1 Å². The van der Waals surface area contributed by atoms with E-state index in [0.29, 0.717) is 18.8 Å². The predicted molar refractivity (Wildman–Crippen MR) is 58.4 cm³/mol. The molecule has 0 radical (unpaired) electrons. The number of carbonyl (C=O) groups excluding carboxylic acids is 2. The van der Waals surface area contributed by atoms with Crippen molar-refractivity contribution in [3.8, 4) is 0 Å². The lowest BCUT2D eigenvalue weighted by Crippen LogP contribution is -2.23. The first-order chi connectivity index (χ1) is 8.19. The number of hydrogen-bond donors (Lipinski definition) is 2. The normalized spacial score (nSPS) is 18.6. The number of rotatable bonds is 3. The summed E-state index contributed by atoms with van der Waals surface area (Å²) in [5.74, 6) is -0.0873. The zero-order valence-corrected chi connectivity index (χ0v) is 9.27. The van der Waals surface area contributed by atoms with Crippen LogP contribution in [-0.2, 0) is 9.53 Å². The number of hydrogen-bond acceptors (Lipinski definition) is 6. The number of amides is 1. The Morgan fingerprint density at radius 1 is 1.59 bits per heavy atom. The number of methoxy groups -OCH3 is 1. The minimum Gasteiger partial charge on any atom is -0.464 e. The molecule has 0 aliphatic carbocycles. The summed E-state index contributed by atoms with van der Waals surface area (Å²) >= 11 is 0. The molecule has 17 heavy (non-hydrogen) atoms. The van der Waals surface area contributed by atoms with Gasteiger partial charge < -0.3 is 15.4 Å². The third-order valence-electron chi connectivity index (χ3n) is 2.36. The summed E-state index contributed by atoms with van der Waals surface area (Å²) in [6, 6.07) is -0.0234. The van der Waals surface area contributed by atoms with E-state index >= 15 is 0 Å². The minimum atomic E-state index is -0.540. The first-order valence-electron chi connectivity index (χ1n) is 5.12. The van der Waals surface area contributed by atoms with Gasteiger partial charge in [0.2, 0.25) is 5.91 Å². The fourth-order valence-electron chi connectivity index (χ4n) is 1.55. The number of nitrogens with one attached hydrogen (secondary N) is 2. The summed E-state index contributed by atoms with van der Waals surface area (Å²) < 4.78 is 4.54. The number of ether oxygens (including phenoxy) is 1. The highest BCUT2D eigenvalue weighted by Gasteiger charge is 2.21. The van der Waals surface area contributed by atoms with Crippen LogP contribution in [0.25, 0.3) is 0 Å². The molecule has 1 amide bonds. The molecule has 1 aromatic heterocycles. The molecule has 1 atom stereocenters. The lowest BCUT2D eigenvalue weighted by atomic mass is 10.2. The fourth-order valence-corrected chi connectivity index (χ4v) is 1.55. The number of anilines is 1. The van der Waals surface area contributed by atoms with Crippen LogP contribution in [-0.4, -0.2) is 41.5 Å². The van der Waals surface area contributed by atoms with Crippen LogP contribution in [0.2, 0.25) is 0 Å². The standard InChI is InChI=1S/C10H12N4O3/c1-17-10(16)7-4-11-5-8(14-7)13-6-2-9(15)12-3-6/h4-6H,2-3H2,1H3,(H,12,15)(H,13,14). The van der Waals surface area contributed by atoms with Gasteiger partial charge >= 0.3 is 5.97 Å². The van der Waals surface area contributed by atoms with Gasteiger partial charge in [-0.05, 0) is 0 Å². The summed E-state index contributed by atoms with van der Waals surface area (Å²) in [5, 5.41) is 5.72. The van der Waals surface area contributed by atoms with E-state index in [1.807, 2.05) is 0 Å². The van der Waals surface area contributed by atoms with Gasteiger partial charge in [0.15, 0.2) is 5.69 Å². The van der Waals surface area contributed by atoms with E-state index in [4.69, 9.17) is 0 Å². The van der Waals surface area contributed by atoms with Gasteiger partial charge in [-0.25, -0.2) is 9.78 Å². The molecule has 0 saturated carbocycles. The van der Waals surface area contributed by atoms with E-state index in [-0.39, 0.29) is 17.6 Å². The van der Waals surface area contributed by atoms with E-state index < -0.39 is 5.97 Å². The minimum absolute atomic E-state index is 0.000387. The lowest BCUT2D eigenvalue weighted by molar-refractivity contribution is -0.119. The quantitative estimate of drug-likeness (QED) is 0.691. The lowest BCUT2D eigenvalue weighted by Gasteiger charge is -2.10. The number of esters is 1. The number of aromatic nitrogens is 2. The molecular formula is C10H12N4O3. The zero-order chi connectivity index (χ0) is 12.3. The largest absolute Gasteiger partial charge is 0.464 e. The first kappa shape index (κ1) is 11.3. The van der Waals surface area contributed by atoms with Crippen LogP contribution in [0.5, 0.6) is 0 Å². The van der Waals surface area contributed by atoms with Crippen LogP contribution in [0.3, 0.4) is 0 Å². The molecule has 1 aliphatic rings. The van der Waals surface area contributed by atoms with Crippen molar-refractivity contribution in [3.63, 3.8) is 0 Å². The molecular weight excluding hydrogens is 224 g/mol. The van der Waals surface area contributed by atoms with E-state index in [0.717, 1.165) is 0 Å². The van der Waals surface area contributed by atoms with E-state index in [9.17, 15) is 9.59 Å². The number of carbonyl (C=O) groups is 2. The van der Waals surface area contributed by atoms with Gasteiger partial charge in [0.25, 0.3) is 0 Å².